The van der Waals surface area contributed by atoms with Crippen LogP contribution in [-0.4, -0.2) is 45.8 Å². The average molecular weight is 439 g/mol. The molecule has 1 unspecified atom stereocenters. The minimum atomic E-state index is -1.49. The number of carbonyl (C=O) groups is 3. The first-order valence-electron chi connectivity index (χ1n) is 9.62. The molecule has 0 aliphatic carbocycles. The summed E-state index contributed by atoms with van der Waals surface area (Å²) in [5, 5.41) is 11.6. The quantitative estimate of drug-likeness (QED) is 0.516. The van der Waals surface area contributed by atoms with Gasteiger partial charge in [0.1, 0.15) is 23.6 Å². The van der Waals surface area contributed by atoms with Crippen molar-refractivity contribution in [3.63, 3.8) is 0 Å². The molecular weight excluding hydrogens is 413 g/mol. The standard InChI is InChI=1S/C20H24FN3O5S/c1-3-7-30-12-5-6-14-13(8-12)20(29)24(11-22-14)16(4-2)19(28)23-15(9-18(26)27)17(25)10-21/h5-6,8,11,15-16H,3-4,7,9-10H2,1-2H3,(H,23,28)(H,26,27)/p+1/t15?,16-/m0/s1. The van der Waals surface area contributed by atoms with E-state index >= 15 is 0 Å². The van der Waals surface area contributed by atoms with Gasteiger partial charge in [-0.2, -0.15) is 4.57 Å². The van der Waals surface area contributed by atoms with E-state index in [9.17, 15) is 23.6 Å². The van der Waals surface area contributed by atoms with Crippen molar-refractivity contribution in [2.45, 2.75) is 50.1 Å². The number of carboxylic acids is 1. The first kappa shape index (κ1) is 23.5. The van der Waals surface area contributed by atoms with Gasteiger partial charge >= 0.3 is 11.5 Å². The molecule has 8 nitrogen and oxygen atoms in total. The Labute approximate surface area is 176 Å². The van der Waals surface area contributed by atoms with E-state index in [1.165, 1.54) is 10.9 Å². The van der Waals surface area contributed by atoms with Crippen molar-refractivity contribution in [3.05, 3.63) is 34.9 Å². The highest BCUT2D eigenvalue weighted by atomic mass is 32.2. The van der Waals surface area contributed by atoms with Crippen molar-refractivity contribution in [3.8, 4) is 0 Å². The molecule has 0 bridgehead atoms. The van der Waals surface area contributed by atoms with Crippen molar-refractivity contribution in [1.82, 2.24) is 9.88 Å². The van der Waals surface area contributed by atoms with E-state index in [1.54, 1.807) is 30.8 Å². The fourth-order valence-electron chi connectivity index (χ4n) is 2.99. The van der Waals surface area contributed by atoms with E-state index < -0.39 is 48.4 Å². The summed E-state index contributed by atoms with van der Waals surface area (Å²) in [5.74, 6) is -2.19. The Morgan fingerprint density at radius 3 is 2.63 bits per heavy atom. The Kier molecular flexibility index (Phi) is 8.52. The number of hydrogen-bond donors (Lipinski definition) is 2. The van der Waals surface area contributed by atoms with Crippen LogP contribution in [-0.2, 0) is 14.4 Å². The van der Waals surface area contributed by atoms with Gasteiger partial charge in [-0.25, -0.2) is 14.2 Å². The smallest absolute Gasteiger partial charge is 0.345 e. The number of aromatic nitrogens is 2. The van der Waals surface area contributed by atoms with Crippen molar-refractivity contribution >= 4 is 40.3 Å². The van der Waals surface area contributed by atoms with Crippen LogP contribution in [0, 0.1) is 0 Å². The minimum absolute atomic E-state index is 0.207. The Balaban J connectivity index is 2.37. The SMILES string of the molecule is CCCSc1ccc2[nH+]cn([C@@H](CC)C(=O)NC(CC(=O)O)C(=O)CF)c(=O)c2c1. The Hall–Kier alpha value is -2.75. The van der Waals surface area contributed by atoms with Crippen LogP contribution in [0.3, 0.4) is 0 Å². The first-order chi connectivity index (χ1) is 14.3. The van der Waals surface area contributed by atoms with Crippen LogP contribution >= 0.6 is 11.8 Å². The summed E-state index contributed by atoms with van der Waals surface area (Å²) in [6.07, 6.45) is 1.84. The molecule has 1 heterocycles. The summed E-state index contributed by atoms with van der Waals surface area (Å²) >= 11 is 1.62. The summed E-state index contributed by atoms with van der Waals surface area (Å²) in [5.41, 5.74) is 0.222. The maximum absolute atomic E-state index is 13.0. The monoisotopic (exact) mass is 438 g/mol. The third-order valence-electron chi connectivity index (χ3n) is 4.53. The molecule has 30 heavy (non-hydrogen) atoms. The molecular formula is C20H25FN3O5S+. The highest BCUT2D eigenvalue weighted by Crippen LogP contribution is 2.21. The molecule has 0 saturated carbocycles. The van der Waals surface area contributed by atoms with Gasteiger partial charge in [0.05, 0.1) is 6.42 Å². The summed E-state index contributed by atoms with van der Waals surface area (Å²) in [6, 6.07) is 2.98. The van der Waals surface area contributed by atoms with Crippen LogP contribution in [0.5, 0.6) is 0 Å². The molecule has 0 aliphatic heterocycles. The van der Waals surface area contributed by atoms with Crippen LogP contribution in [0.25, 0.3) is 10.9 Å². The molecule has 0 fully saturated rings. The van der Waals surface area contributed by atoms with Crippen LogP contribution in [0.1, 0.15) is 39.2 Å². The lowest BCUT2D eigenvalue weighted by molar-refractivity contribution is -0.353. The van der Waals surface area contributed by atoms with Crippen LogP contribution in [0.4, 0.5) is 4.39 Å². The number of rotatable bonds is 11. The third kappa shape index (κ3) is 5.65. The topological polar surface area (TPSA) is 120 Å². The Bertz CT molecular complexity index is 994. The minimum Gasteiger partial charge on any atom is -0.481 e. The van der Waals surface area contributed by atoms with Crippen molar-refractivity contribution in [1.29, 1.82) is 0 Å². The number of carboxylic acid groups (broad SMARTS) is 1. The van der Waals surface area contributed by atoms with Crippen LogP contribution in [0.15, 0.2) is 34.2 Å². The number of aromatic amines is 1. The highest BCUT2D eigenvalue weighted by Gasteiger charge is 2.31. The number of aliphatic carboxylic acids is 1. The lowest BCUT2D eigenvalue weighted by Gasteiger charge is -2.18. The third-order valence-corrected chi connectivity index (χ3v) is 5.73. The van der Waals surface area contributed by atoms with Gasteiger partial charge in [0.15, 0.2) is 11.8 Å². The fraction of sp³-hybridized carbons (Fsp3) is 0.450. The zero-order valence-corrected chi connectivity index (χ0v) is 17.6. The van der Waals surface area contributed by atoms with E-state index in [-0.39, 0.29) is 6.42 Å². The summed E-state index contributed by atoms with van der Waals surface area (Å²) in [4.78, 5) is 52.3. The van der Waals surface area contributed by atoms with Gasteiger partial charge in [-0.05, 0) is 36.8 Å². The molecule has 1 amide bonds. The number of ketones is 1. The second-order valence-corrected chi connectivity index (χ2v) is 7.89. The summed E-state index contributed by atoms with van der Waals surface area (Å²) in [6.45, 7) is 2.35. The molecule has 0 aliphatic rings. The fourth-order valence-corrected chi connectivity index (χ4v) is 3.80. The molecule has 162 valence electrons. The molecule has 0 saturated heterocycles. The second-order valence-electron chi connectivity index (χ2n) is 6.72. The number of alkyl halides is 1. The maximum Gasteiger partial charge on any atom is 0.345 e. The number of carbonyl (C=O) groups excluding carboxylic acids is 2. The van der Waals surface area contributed by atoms with E-state index in [0.29, 0.717) is 10.9 Å². The number of nitrogens with zero attached hydrogens (tertiary/aromatic N) is 1. The zero-order chi connectivity index (χ0) is 22.3. The van der Waals surface area contributed by atoms with Gasteiger partial charge in [-0.3, -0.25) is 14.4 Å². The molecule has 1 aromatic carbocycles. The molecule has 2 rings (SSSR count). The van der Waals surface area contributed by atoms with Crippen molar-refractivity contribution in [2.24, 2.45) is 0 Å². The number of H-pyrrole nitrogens is 1. The number of benzene rings is 1. The Morgan fingerprint density at radius 1 is 1.30 bits per heavy atom. The van der Waals surface area contributed by atoms with Crippen LogP contribution in [0.2, 0.25) is 0 Å². The van der Waals surface area contributed by atoms with Gasteiger partial charge < -0.3 is 10.4 Å². The predicted octanol–water partition coefficient (Wildman–Crippen LogP) is 1.77. The number of amides is 1. The zero-order valence-electron chi connectivity index (χ0n) is 16.8. The lowest BCUT2D eigenvalue weighted by Crippen LogP contribution is -2.47. The average Bonchev–Trinajstić information content (AvgIpc) is 2.73. The van der Waals surface area contributed by atoms with Gasteiger partial charge in [0.2, 0.25) is 6.33 Å². The van der Waals surface area contributed by atoms with Crippen LogP contribution < -0.4 is 15.9 Å². The Morgan fingerprint density at radius 2 is 2.03 bits per heavy atom. The number of thioether (sulfide) groups is 1. The molecule has 1 aromatic heterocycles. The van der Waals surface area contributed by atoms with Gasteiger partial charge in [0, 0.05) is 4.90 Å². The van der Waals surface area contributed by atoms with E-state index in [0.717, 1.165) is 17.1 Å². The highest BCUT2D eigenvalue weighted by molar-refractivity contribution is 7.99. The van der Waals surface area contributed by atoms with Gasteiger partial charge in [-0.1, -0.05) is 13.8 Å². The van der Waals surface area contributed by atoms with Gasteiger partial charge in [0.25, 0.3) is 5.91 Å². The second kappa shape index (κ2) is 10.9. The summed E-state index contributed by atoms with van der Waals surface area (Å²) in [7, 11) is 0. The summed E-state index contributed by atoms with van der Waals surface area (Å²) < 4.78 is 14.0. The number of Topliss-reactive ketones (excluding diaryl/α,β-unsaturated/α-hetero) is 1. The number of hydrogen-bond acceptors (Lipinski definition) is 5. The number of fused-ring (bicyclic) bond motifs is 1. The van der Waals surface area contributed by atoms with E-state index in [1.807, 2.05) is 6.07 Å². The number of nitrogens with one attached hydrogen (secondary N) is 2. The van der Waals surface area contributed by atoms with Gasteiger partial charge in [-0.15, -0.1) is 11.8 Å². The van der Waals surface area contributed by atoms with E-state index in [4.69, 9.17) is 5.11 Å². The molecule has 2 atom stereocenters. The normalized spacial score (nSPS) is 13.0. The number of halogens is 1. The molecule has 10 heteroatoms. The maximum atomic E-state index is 13.0. The van der Waals surface area contributed by atoms with E-state index in [2.05, 4.69) is 17.2 Å². The van der Waals surface area contributed by atoms with Crippen molar-refractivity contribution in [2.75, 3.05) is 12.4 Å². The van der Waals surface area contributed by atoms with Crippen molar-refractivity contribution < 1.29 is 28.9 Å². The molecule has 0 radical (unpaired) electrons. The lowest BCUT2D eigenvalue weighted by atomic mass is 10.1. The largest absolute Gasteiger partial charge is 0.481 e. The first-order valence-corrected chi connectivity index (χ1v) is 10.6. The molecule has 3 N–H and O–H groups in total. The predicted molar refractivity (Wildman–Crippen MR) is 110 cm³/mol. The molecule has 0 spiro atoms. The molecule has 2 aromatic rings.